The van der Waals surface area contributed by atoms with E-state index >= 15 is 0 Å². The Morgan fingerprint density at radius 3 is 3.05 bits per heavy atom. The van der Waals surface area contributed by atoms with Crippen molar-refractivity contribution in [2.45, 2.75) is 33.0 Å². The van der Waals surface area contributed by atoms with Gasteiger partial charge in [0.25, 0.3) is 0 Å². The van der Waals surface area contributed by atoms with Crippen LogP contribution in [0.15, 0.2) is 30.5 Å². The van der Waals surface area contributed by atoms with Crippen molar-refractivity contribution in [3.05, 3.63) is 45.9 Å². The van der Waals surface area contributed by atoms with Crippen LogP contribution in [0.25, 0.3) is 0 Å². The number of benzene rings is 1. The molecular weight excluding hydrogens is 254 g/mol. The molecule has 0 saturated heterocycles. The third kappa shape index (κ3) is 2.80. The van der Waals surface area contributed by atoms with Crippen LogP contribution in [0.2, 0.25) is 0 Å². The number of aryl methyl sites for hydroxylation is 1. The van der Waals surface area contributed by atoms with Crippen LogP contribution in [-0.2, 0) is 13.1 Å². The van der Waals surface area contributed by atoms with Crippen LogP contribution in [0.3, 0.4) is 0 Å². The Morgan fingerprint density at radius 2 is 2.26 bits per heavy atom. The van der Waals surface area contributed by atoms with E-state index in [1.165, 1.54) is 16.1 Å². The highest BCUT2D eigenvalue weighted by Crippen LogP contribution is 2.26. The second kappa shape index (κ2) is 5.31. The molecule has 1 N–H and O–H groups in total. The minimum absolute atomic E-state index is 0.501. The van der Waals surface area contributed by atoms with Gasteiger partial charge in [-0.1, -0.05) is 18.2 Å². The van der Waals surface area contributed by atoms with Crippen LogP contribution in [0.1, 0.15) is 22.4 Å². The van der Waals surface area contributed by atoms with Gasteiger partial charge in [-0.15, -0.1) is 11.3 Å². The molecule has 1 aliphatic rings. The van der Waals surface area contributed by atoms with Gasteiger partial charge < -0.3 is 10.2 Å². The average molecular weight is 273 g/mol. The van der Waals surface area contributed by atoms with Crippen molar-refractivity contribution in [2.24, 2.45) is 0 Å². The summed E-state index contributed by atoms with van der Waals surface area (Å²) in [6.45, 7) is 7.25. The predicted octanol–water partition coefficient (Wildman–Crippen LogP) is 2.95. The number of hydrogen-bond donors (Lipinski definition) is 1. The van der Waals surface area contributed by atoms with Gasteiger partial charge in [-0.05, 0) is 25.5 Å². The lowest BCUT2D eigenvalue weighted by Gasteiger charge is -2.25. The Kier molecular flexibility index (Phi) is 3.53. The van der Waals surface area contributed by atoms with Gasteiger partial charge in [0.1, 0.15) is 0 Å². The molecule has 0 spiro atoms. The molecule has 2 aromatic rings. The van der Waals surface area contributed by atoms with Crippen LogP contribution >= 0.6 is 11.3 Å². The van der Waals surface area contributed by atoms with E-state index in [0.29, 0.717) is 6.04 Å². The highest BCUT2D eigenvalue weighted by molar-refractivity contribution is 7.11. The summed E-state index contributed by atoms with van der Waals surface area (Å²) in [6.07, 6.45) is 2.01. The molecule has 0 amide bonds. The molecule has 1 aromatic heterocycles. The fourth-order valence-corrected chi connectivity index (χ4v) is 3.37. The summed E-state index contributed by atoms with van der Waals surface area (Å²) in [5.74, 6) is 0. The van der Waals surface area contributed by atoms with E-state index in [-0.39, 0.29) is 0 Å². The van der Waals surface area contributed by atoms with Crippen LogP contribution < -0.4 is 10.2 Å². The number of thiazole rings is 1. The summed E-state index contributed by atoms with van der Waals surface area (Å²) in [6, 6.07) is 9.18. The third-order valence-electron chi connectivity index (χ3n) is 3.48. The van der Waals surface area contributed by atoms with E-state index in [0.717, 1.165) is 24.6 Å². The van der Waals surface area contributed by atoms with Gasteiger partial charge in [0, 0.05) is 35.9 Å². The van der Waals surface area contributed by atoms with Gasteiger partial charge in [0.15, 0.2) is 0 Å². The van der Waals surface area contributed by atoms with E-state index < -0.39 is 0 Å². The highest BCUT2D eigenvalue weighted by atomic mass is 32.1. The number of aromatic nitrogens is 1. The first-order valence-corrected chi connectivity index (χ1v) is 7.51. The van der Waals surface area contributed by atoms with Crippen LogP contribution in [0.4, 0.5) is 5.69 Å². The lowest BCUT2D eigenvalue weighted by atomic mass is 10.1. The summed E-state index contributed by atoms with van der Waals surface area (Å²) in [5.41, 5.74) is 2.73. The van der Waals surface area contributed by atoms with Gasteiger partial charge in [-0.3, -0.25) is 0 Å². The topological polar surface area (TPSA) is 28.2 Å². The zero-order valence-corrected chi connectivity index (χ0v) is 12.2. The van der Waals surface area contributed by atoms with E-state index in [9.17, 15) is 0 Å². The van der Waals surface area contributed by atoms with Gasteiger partial charge in [0.2, 0.25) is 0 Å². The number of rotatable bonds is 2. The second-order valence-corrected chi connectivity index (χ2v) is 6.46. The summed E-state index contributed by atoms with van der Waals surface area (Å²) in [5, 5.41) is 4.71. The number of fused-ring (bicyclic) bond motifs is 1. The first kappa shape index (κ1) is 12.6. The third-order valence-corrected chi connectivity index (χ3v) is 4.38. The molecule has 1 unspecified atom stereocenters. The van der Waals surface area contributed by atoms with Crippen LogP contribution in [-0.4, -0.2) is 17.6 Å². The maximum absolute atomic E-state index is 4.36. The molecule has 0 fully saturated rings. The van der Waals surface area contributed by atoms with Gasteiger partial charge in [0.05, 0.1) is 11.6 Å². The van der Waals surface area contributed by atoms with Crippen molar-refractivity contribution < 1.29 is 0 Å². The molecule has 3 rings (SSSR count). The minimum Gasteiger partial charge on any atom is -0.365 e. The zero-order chi connectivity index (χ0) is 13.2. The molecule has 0 aliphatic carbocycles. The van der Waals surface area contributed by atoms with E-state index in [1.807, 2.05) is 6.20 Å². The number of para-hydroxylation sites is 1. The lowest BCUT2D eigenvalue weighted by molar-refractivity contribution is 0.553. The van der Waals surface area contributed by atoms with Gasteiger partial charge in [-0.2, -0.15) is 0 Å². The molecule has 100 valence electrons. The van der Waals surface area contributed by atoms with Crippen molar-refractivity contribution in [1.29, 1.82) is 0 Å². The minimum atomic E-state index is 0.501. The SMILES string of the molecule is Cc1ncc(CN2CC(C)NCc3ccccc32)s1. The summed E-state index contributed by atoms with van der Waals surface area (Å²) in [7, 11) is 0. The van der Waals surface area contributed by atoms with Crippen molar-refractivity contribution in [3.63, 3.8) is 0 Å². The average Bonchev–Trinajstić information content (AvgIpc) is 2.74. The Labute approximate surface area is 118 Å². The molecule has 0 radical (unpaired) electrons. The number of anilines is 1. The first-order chi connectivity index (χ1) is 9.22. The Balaban J connectivity index is 1.89. The smallest absolute Gasteiger partial charge is 0.0897 e. The zero-order valence-electron chi connectivity index (χ0n) is 11.4. The maximum Gasteiger partial charge on any atom is 0.0897 e. The molecule has 0 saturated carbocycles. The standard InChI is InChI=1S/C15H19N3S/c1-11-9-18(10-14-8-17-12(2)19-14)15-6-4-3-5-13(15)7-16-11/h3-6,8,11,16H,7,9-10H2,1-2H3. The molecular formula is C15H19N3S. The molecule has 19 heavy (non-hydrogen) atoms. The van der Waals surface area contributed by atoms with Gasteiger partial charge >= 0.3 is 0 Å². The molecule has 4 heteroatoms. The number of hydrogen-bond acceptors (Lipinski definition) is 4. The Hall–Kier alpha value is -1.39. The Bertz CT molecular complexity index is 564. The van der Waals surface area contributed by atoms with Crippen LogP contribution in [0.5, 0.6) is 0 Å². The van der Waals surface area contributed by atoms with Crippen molar-refractivity contribution in [2.75, 3.05) is 11.4 Å². The summed E-state index contributed by atoms with van der Waals surface area (Å²) < 4.78 is 0. The fourth-order valence-electron chi connectivity index (χ4n) is 2.56. The molecule has 0 bridgehead atoms. The monoisotopic (exact) mass is 273 g/mol. The molecule has 3 nitrogen and oxygen atoms in total. The predicted molar refractivity (Wildman–Crippen MR) is 80.6 cm³/mol. The van der Waals surface area contributed by atoms with Gasteiger partial charge in [-0.25, -0.2) is 4.98 Å². The van der Waals surface area contributed by atoms with Crippen LogP contribution in [0, 0.1) is 6.92 Å². The van der Waals surface area contributed by atoms with E-state index in [2.05, 4.69) is 53.3 Å². The number of nitrogens with one attached hydrogen (secondary N) is 1. The summed E-state index contributed by atoms with van der Waals surface area (Å²) in [4.78, 5) is 8.16. The Morgan fingerprint density at radius 1 is 1.42 bits per heavy atom. The van der Waals surface area contributed by atoms with Crippen molar-refractivity contribution >= 4 is 17.0 Å². The first-order valence-electron chi connectivity index (χ1n) is 6.70. The molecule has 1 aromatic carbocycles. The second-order valence-electron chi connectivity index (χ2n) is 5.14. The molecule has 1 aliphatic heterocycles. The molecule has 2 heterocycles. The normalized spacial score (nSPS) is 19.1. The van der Waals surface area contributed by atoms with Crippen molar-refractivity contribution in [3.8, 4) is 0 Å². The highest BCUT2D eigenvalue weighted by Gasteiger charge is 2.19. The molecule has 1 atom stereocenters. The lowest BCUT2D eigenvalue weighted by Crippen LogP contribution is -2.35. The largest absolute Gasteiger partial charge is 0.365 e. The van der Waals surface area contributed by atoms with Crippen molar-refractivity contribution in [1.82, 2.24) is 10.3 Å². The van der Waals surface area contributed by atoms with E-state index in [1.54, 1.807) is 11.3 Å². The summed E-state index contributed by atoms with van der Waals surface area (Å²) >= 11 is 1.79. The van der Waals surface area contributed by atoms with E-state index in [4.69, 9.17) is 0 Å². The fraction of sp³-hybridized carbons (Fsp3) is 0.400. The number of nitrogens with zero attached hydrogens (tertiary/aromatic N) is 2. The maximum atomic E-state index is 4.36. The quantitative estimate of drug-likeness (QED) is 0.912.